The normalized spacial score (nSPS) is 16.1. The summed E-state index contributed by atoms with van der Waals surface area (Å²) < 4.78 is 1.80. The topological polar surface area (TPSA) is 67.1 Å². The molecule has 0 spiro atoms. The SMILES string of the molecule is Cc1c(C(=O)O)nn2c1CNCCC2. The fraction of sp³-hybridized carbons (Fsp3) is 0.556. The first kappa shape index (κ1) is 9.21. The van der Waals surface area contributed by atoms with E-state index in [9.17, 15) is 4.79 Å². The molecule has 14 heavy (non-hydrogen) atoms. The van der Waals surface area contributed by atoms with Crippen LogP contribution in [-0.2, 0) is 13.1 Å². The Morgan fingerprint density at radius 3 is 3.14 bits per heavy atom. The third-order valence-corrected chi connectivity index (χ3v) is 2.54. The molecule has 1 aliphatic heterocycles. The van der Waals surface area contributed by atoms with Crippen molar-refractivity contribution in [2.75, 3.05) is 6.54 Å². The van der Waals surface area contributed by atoms with Crippen molar-refractivity contribution in [2.45, 2.75) is 26.4 Å². The number of aromatic carboxylic acids is 1. The van der Waals surface area contributed by atoms with Gasteiger partial charge < -0.3 is 10.4 Å². The van der Waals surface area contributed by atoms with Gasteiger partial charge in [-0.15, -0.1) is 0 Å². The fourth-order valence-electron chi connectivity index (χ4n) is 1.76. The van der Waals surface area contributed by atoms with E-state index in [1.54, 1.807) is 4.68 Å². The van der Waals surface area contributed by atoms with Crippen molar-refractivity contribution in [2.24, 2.45) is 0 Å². The summed E-state index contributed by atoms with van der Waals surface area (Å²) in [4.78, 5) is 10.8. The fourth-order valence-corrected chi connectivity index (χ4v) is 1.76. The highest BCUT2D eigenvalue weighted by Gasteiger charge is 2.19. The van der Waals surface area contributed by atoms with Gasteiger partial charge in [-0.2, -0.15) is 5.10 Å². The van der Waals surface area contributed by atoms with Gasteiger partial charge in [-0.05, 0) is 19.9 Å². The highest BCUT2D eigenvalue weighted by molar-refractivity contribution is 5.87. The van der Waals surface area contributed by atoms with Crippen molar-refractivity contribution in [1.29, 1.82) is 0 Å². The minimum atomic E-state index is -0.942. The molecule has 0 amide bonds. The molecule has 0 atom stereocenters. The number of nitrogens with zero attached hydrogens (tertiary/aromatic N) is 2. The molecule has 0 saturated carbocycles. The zero-order chi connectivity index (χ0) is 10.1. The van der Waals surface area contributed by atoms with Gasteiger partial charge in [0.05, 0.1) is 5.69 Å². The molecule has 1 aromatic rings. The maximum atomic E-state index is 10.8. The van der Waals surface area contributed by atoms with Crippen LogP contribution >= 0.6 is 0 Å². The van der Waals surface area contributed by atoms with E-state index in [4.69, 9.17) is 5.11 Å². The van der Waals surface area contributed by atoms with Gasteiger partial charge in [-0.25, -0.2) is 4.79 Å². The van der Waals surface area contributed by atoms with E-state index in [-0.39, 0.29) is 5.69 Å². The summed E-state index contributed by atoms with van der Waals surface area (Å²) in [5, 5.41) is 16.2. The number of carboxylic acids is 1. The molecule has 0 fully saturated rings. The second-order valence-corrected chi connectivity index (χ2v) is 3.48. The minimum absolute atomic E-state index is 0.184. The molecule has 0 unspecified atom stereocenters. The first-order valence-electron chi connectivity index (χ1n) is 4.70. The lowest BCUT2D eigenvalue weighted by atomic mass is 10.2. The number of rotatable bonds is 1. The highest BCUT2D eigenvalue weighted by Crippen LogP contribution is 2.15. The van der Waals surface area contributed by atoms with Crippen LogP contribution in [0.25, 0.3) is 0 Å². The summed E-state index contributed by atoms with van der Waals surface area (Å²) >= 11 is 0. The Bertz CT molecular complexity index is 370. The molecule has 2 N–H and O–H groups in total. The lowest BCUT2D eigenvalue weighted by Gasteiger charge is -2.00. The molecule has 5 nitrogen and oxygen atoms in total. The maximum absolute atomic E-state index is 10.8. The Labute approximate surface area is 81.7 Å². The Morgan fingerprint density at radius 1 is 1.64 bits per heavy atom. The van der Waals surface area contributed by atoms with Crippen LogP contribution in [0.3, 0.4) is 0 Å². The molecule has 1 aliphatic rings. The summed E-state index contributed by atoms with van der Waals surface area (Å²) in [6.07, 6.45) is 0.993. The van der Waals surface area contributed by atoms with E-state index in [0.717, 1.165) is 30.8 Å². The predicted octanol–water partition coefficient (Wildman–Crippen LogP) is 0.383. The predicted molar refractivity (Wildman–Crippen MR) is 50.2 cm³/mol. The summed E-state index contributed by atoms with van der Waals surface area (Å²) in [6.45, 7) is 4.29. The van der Waals surface area contributed by atoms with Gasteiger partial charge >= 0.3 is 5.97 Å². The molecule has 5 heteroatoms. The first-order valence-corrected chi connectivity index (χ1v) is 4.70. The number of carbonyl (C=O) groups is 1. The zero-order valence-electron chi connectivity index (χ0n) is 8.08. The van der Waals surface area contributed by atoms with Gasteiger partial charge in [0.25, 0.3) is 0 Å². The molecule has 2 rings (SSSR count). The summed E-state index contributed by atoms with van der Waals surface area (Å²) in [7, 11) is 0. The largest absolute Gasteiger partial charge is 0.476 e. The van der Waals surface area contributed by atoms with Crippen molar-refractivity contribution in [3.8, 4) is 0 Å². The molecular weight excluding hydrogens is 182 g/mol. The van der Waals surface area contributed by atoms with Gasteiger partial charge in [-0.1, -0.05) is 0 Å². The van der Waals surface area contributed by atoms with Crippen LogP contribution in [-0.4, -0.2) is 27.4 Å². The van der Waals surface area contributed by atoms with Crippen LogP contribution in [0, 0.1) is 6.92 Å². The van der Waals surface area contributed by atoms with Crippen LogP contribution in [0.15, 0.2) is 0 Å². The maximum Gasteiger partial charge on any atom is 0.356 e. The Balaban J connectivity index is 2.45. The number of nitrogens with one attached hydrogen (secondary N) is 1. The summed E-state index contributed by atoms with van der Waals surface area (Å²) in [5.41, 5.74) is 1.97. The second-order valence-electron chi connectivity index (χ2n) is 3.48. The molecule has 0 radical (unpaired) electrons. The number of aryl methyl sites for hydroxylation is 1. The van der Waals surface area contributed by atoms with Crippen LogP contribution < -0.4 is 5.32 Å². The van der Waals surface area contributed by atoms with E-state index in [1.165, 1.54) is 0 Å². The Kier molecular flexibility index (Phi) is 2.25. The van der Waals surface area contributed by atoms with Gasteiger partial charge in [0.2, 0.25) is 0 Å². The van der Waals surface area contributed by atoms with E-state index < -0.39 is 5.97 Å². The van der Waals surface area contributed by atoms with Gasteiger partial charge in [0.1, 0.15) is 0 Å². The molecular formula is C9H13N3O2. The van der Waals surface area contributed by atoms with Crippen molar-refractivity contribution in [3.05, 3.63) is 17.0 Å². The Hall–Kier alpha value is -1.36. The summed E-state index contributed by atoms with van der Waals surface area (Å²) in [6, 6.07) is 0. The van der Waals surface area contributed by atoms with Crippen molar-refractivity contribution in [3.63, 3.8) is 0 Å². The molecule has 0 aliphatic carbocycles. The van der Waals surface area contributed by atoms with E-state index in [2.05, 4.69) is 10.4 Å². The molecule has 76 valence electrons. The van der Waals surface area contributed by atoms with E-state index in [1.807, 2.05) is 6.92 Å². The minimum Gasteiger partial charge on any atom is -0.476 e. The zero-order valence-corrected chi connectivity index (χ0v) is 8.08. The quantitative estimate of drug-likeness (QED) is 0.680. The number of carboxylic acid groups (broad SMARTS) is 1. The van der Waals surface area contributed by atoms with Crippen LogP contribution in [0.1, 0.15) is 28.2 Å². The van der Waals surface area contributed by atoms with Crippen LogP contribution in [0.4, 0.5) is 0 Å². The lowest BCUT2D eigenvalue weighted by molar-refractivity contribution is 0.0688. The van der Waals surface area contributed by atoms with Gasteiger partial charge in [0.15, 0.2) is 5.69 Å². The lowest BCUT2D eigenvalue weighted by Crippen LogP contribution is -2.13. The Morgan fingerprint density at radius 2 is 2.43 bits per heavy atom. The third kappa shape index (κ3) is 1.39. The first-order chi connectivity index (χ1) is 6.70. The average molecular weight is 195 g/mol. The third-order valence-electron chi connectivity index (χ3n) is 2.54. The molecule has 1 aromatic heterocycles. The second kappa shape index (κ2) is 3.42. The van der Waals surface area contributed by atoms with E-state index >= 15 is 0 Å². The number of hydrogen-bond acceptors (Lipinski definition) is 3. The summed E-state index contributed by atoms with van der Waals surface area (Å²) in [5.74, 6) is -0.942. The van der Waals surface area contributed by atoms with Gasteiger partial charge in [-0.3, -0.25) is 4.68 Å². The number of fused-ring (bicyclic) bond motifs is 1. The van der Waals surface area contributed by atoms with Crippen molar-refractivity contribution >= 4 is 5.97 Å². The van der Waals surface area contributed by atoms with Crippen molar-refractivity contribution in [1.82, 2.24) is 15.1 Å². The number of aromatic nitrogens is 2. The monoisotopic (exact) mass is 195 g/mol. The molecule has 0 bridgehead atoms. The average Bonchev–Trinajstić information content (AvgIpc) is 2.37. The molecule has 0 aromatic carbocycles. The van der Waals surface area contributed by atoms with E-state index in [0.29, 0.717) is 6.54 Å². The van der Waals surface area contributed by atoms with Crippen LogP contribution in [0.2, 0.25) is 0 Å². The number of hydrogen-bond donors (Lipinski definition) is 2. The molecule has 0 saturated heterocycles. The molecule has 2 heterocycles. The van der Waals surface area contributed by atoms with Gasteiger partial charge in [0, 0.05) is 18.7 Å². The van der Waals surface area contributed by atoms with Crippen LogP contribution in [0.5, 0.6) is 0 Å². The van der Waals surface area contributed by atoms with Crippen molar-refractivity contribution < 1.29 is 9.90 Å². The highest BCUT2D eigenvalue weighted by atomic mass is 16.4. The standard InChI is InChI=1S/C9H13N3O2/c1-6-7-5-10-3-2-4-12(7)11-8(6)9(13)14/h10H,2-5H2,1H3,(H,13,14). The smallest absolute Gasteiger partial charge is 0.356 e.